The predicted molar refractivity (Wildman–Crippen MR) is 127 cm³/mol. The fraction of sp³-hybridized carbons (Fsp3) is 0.692. The Morgan fingerprint density at radius 2 is 1.70 bits per heavy atom. The average molecular weight is 458 g/mol. The van der Waals surface area contributed by atoms with Crippen molar-refractivity contribution in [3.8, 4) is 0 Å². The fourth-order valence-electron chi connectivity index (χ4n) is 5.17. The summed E-state index contributed by atoms with van der Waals surface area (Å²) in [7, 11) is 0. The molecule has 3 atom stereocenters. The molecule has 0 N–H and O–H groups in total. The van der Waals surface area contributed by atoms with E-state index in [-0.39, 0.29) is 30.1 Å². The van der Waals surface area contributed by atoms with Crippen LogP contribution in [0.1, 0.15) is 58.4 Å². The molecule has 3 fully saturated rings. The molecule has 0 aromatic heterocycles. The minimum atomic E-state index is -0.522. The molecule has 0 radical (unpaired) electrons. The van der Waals surface area contributed by atoms with Gasteiger partial charge in [-0.15, -0.1) is 0 Å². The molecule has 0 unspecified atom stereocenters. The number of carbonyl (C=O) groups is 2. The highest BCUT2D eigenvalue weighted by Gasteiger charge is 2.49. The Hall–Kier alpha value is -2.12. The molecule has 2 amide bonds. The molecule has 3 aliphatic rings. The Labute approximate surface area is 198 Å². The number of benzene rings is 1. The van der Waals surface area contributed by atoms with Crippen LogP contribution in [-0.2, 0) is 14.3 Å². The van der Waals surface area contributed by atoms with Gasteiger partial charge in [0.05, 0.1) is 19.3 Å². The normalized spacial score (nSPS) is 25.4. The standard InChI is InChI=1S/C26H39N3O4/c1-19(24(30)28-14-16-32-17-15-28)27-12-10-21(11-13-27)29(25(31)33-26(2,3)4)23-18-22(23)20-8-6-5-7-9-20/h5-9,19,21-23H,10-18H2,1-4H3/t19-,22+,23-/m1/s1. The molecule has 0 bridgehead atoms. The van der Waals surface area contributed by atoms with Gasteiger partial charge in [0.1, 0.15) is 5.60 Å². The maximum Gasteiger partial charge on any atom is 0.410 e. The quantitative estimate of drug-likeness (QED) is 0.677. The molecule has 0 spiro atoms. The Kier molecular flexibility index (Phi) is 7.29. The number of carbonyl (C=O) groups excluding carboxylic acids is 2. The molecular weight excluding hydrogens is 418 g/mol. The summed E-state index contributed by atoms with van der Waals surface area (Å²) in [6.07, 6.45) is 2.49. The molecule has 33 heavy (non-hydrogen) atoms. The largest absolute Gasteiger partial charge is 0.444 e. The molecule has 1 aliphatic carbocycles. The summed E-state index contributed by atoms with van der Waals surface area (Å²) >= 11 is 0. The highest BCUT2D eigenvalue weighted by atomic mass is 16.6. The molecule has 4 rings (SSSR count). The van der Waals surface area contributed by atoms with Crippen molar-refractivity contribution < 1.29 is 19.1 Å². The van der Waals surface area contributed by atoms with Crippen LogP contribution in [-0.4, -0.2) is 89.8 Å². The van der Waals surface area contributed by atoms with Crippen molar-refractivity contribution in [1.29, 1.82) is 0 Å². The Morgan fingerprint density at radius 3 is 2.30 bits per heavy atom. The van der Waals surface area contributed by atoms with Crippen molar-refractivity contribution in [2.45, 2.75) is 76.6 Å². The number of hydrogen-bond acceptors (Lipinski definition) is 5. The van der Waals surface area contributed by atoms with Crippen molar-refractivity contribution >= 4 is 12.0 Å². The number of rotatable bonds is 5. The zero-order chi connectivity index (χ0) is 23.6. The van der Waals surface area contributed by atoms with Crippen molar-refractivity contribution in [3.63, 3.8) is 0 Å². The van der Waals surface area contributed by atoms with E-state index in [0.29, 0.717) is 32.2 Å². The van der Waals surface area contributed by atoms with Crippen molar-refractivity contribution in [3.05, 3.63) is 35.9 Å². The molecule has 1 aromatic carbocycles. The molecule has 1 aromatic rings. The number of ether oxygens (including phenoxy) is 2. The van der Waals surface area contributed by atoms with Crippen LogP contribution < -0.4 is 0 Å². The van der Waals surface area contributed by atoms with E-state index < -0.39 is 5.60 Å². The lowest BCUT2D eigenvalue weighted by atomic mass is 10.0. The number of morpholine rings is 1. The number of likely N-dealkylation sites (tertiary alicyclic amines) is 1. The van der Waals surface area contributed by atoms with Crippen molar-refractivity contribution in [2.24, 2.45) is 0 Å². The predicted octanol–water partition coefficient (Wildman–Crippen LogP) is 3.49. The molecule has 7 heteroatoms. The van der Waals surface area contributed by atoms with E-state index in [2.05, 4.69) is 29.2 Å². The maximum atomic E-state index is 13.3. The summed E-state index contributed by atoms with van der Waals surface area (Å²) in [4.78, 5) is 32.4. The lowest BCUT2D eigenvalue weighted by Crippen LogP contribution is -2.55. The van der Waals surface area contributed by atoms with Crippen LogP contribution in [0.5, 0.6) is 0 Å². The van der Waals surface area contributed by atoms with Gasteiger partial charge in [-0.3, -0.25) is 9.69 Å². The summed E-state index contributed by atoms with van der Waals surface area (Å²) < 4.78 is 11.2. The van der Waals surface area contributed by atoms with Gasteiger partial charge in [-0.25, -0.2) is 4.79 Å². The van der Waals surface area contributed by atoms with Crippen LogP contribution in [0.2, 0.25) is 0 Å². The van der Waals surface area contributed by atoms with Gasteiger partial charge in [-0.05, 0) is 52.5 Å². The highest BCUT2D eigenvalue weighted by molar-refractivity contribution is 5.81. The van der Waals surface area contributed by atoms with Gasteiger partial charge in [0, 0.05) is 44.2 Å². The minimum Gasteiger partial charge on any atom is -0.444 e. The zero-order valence-electron chi connectivity index (χ0n) is 20.5. The Balaban J connectivity index is 1.40. The number of amides is 2. The van der Waals surface area contributed by atoms with E-state index in [1.165, 1.54) is 5.56 Å². The second-order valence-electron chi connectivity index (χ2n) is 10.6. The van der Waals surface area contributed by atoms with Crippen LogP contribution in [0, 0.1) is 0 Å². The summed E-state index contributed by atoms with van der Waals surface area (Å²) in [6.45, 7) is 12.0. The third-order valence-electron chi connectivity index (χ3n) is 7.07. The molecule has 2 aliphatic heterocycles. The number of piperidine rings is 1. The first kappa shape index (κ1) is 24.0. The van der Waals surface area contributed by atoms with Gasteiger partial charge in [-0.1, -0.05) is 30.3 Å². The van der Waals surface area contributed by atoms with E-state index in [9.17, 15) is 9.59 Å². The summed E-state index contributed by atoms with van der Waals surface area (Å²) in [5.41, 5.74) is 0.768. The van der Waals surface area contributed by atoms with Crippen LogP contribution in [0.15, 0.2) is 30.3 Å². The Morgan fingerprint density at radius 1 is 1.06 bits per heavy atom. The molecule has 7 nitrogen and oxygen atoms in total. The van der Waals surface area contributed by atoms with Gasteiger partial charge in [0.25, 0.3) is 0 Å². The van der Waals surface area contributed by atoms with Crippen molar-refractivity contribution in [2.75, 3.05) is 39.4 Å². The molecule has 1 saturated carbocycles. The smallest absolute Gasteiger partial charge is 0.410 e. The van der Waals surface area contributed by atoms with Crippen molar-refractivity contribution in [1.82, 2.24) is 14.7 Å². The molecule has 182 valence electrons. The SMILES string of the molecule is C[C@H](C(=O)N1CCOCC1)N1CCC(N(C(=O)OC(C)(C)C)[C@@H]2C[C@H]2c2ccccc2)CC1. The highest BCUT2D eigenvalue weighted by Crippen LogP contribution is 2.46. The van der Waals surface area contributed by atoms with Crippen LogP contribution in [0.25, 0.3) is 0 Å². The van der Waals surface area contributed by atoms with E-state index in [4.69, 9.17) is 9.47 Å². The van der Waals surface area contributed by atoms with Gasteiger partial charge in [0.2, 0.25) is 5.91 Å². The van der Waals surface area contributed by atoms with Crippen LogP contribution in [0.3, 0.4) is 0 Å². The van der Waals surface area contributed by atoms with E-state index in [0.717, 1.165) is 32.4 Å². The van der Waals surface area contributed by atoms with Gasteiger partial charge in [-0.2, -0.15) is 0 Å². The fourth-order valence-corrected chi connectivity index (χ4v) is 5.17. The van der Waals surface area contributed by atoms with Gasteiger partial charge in [0.15, 0.2) is 0 Å². The number of hydrogen-bond donors (Lipinski definition) is 0. The van der Waals surface area contributed by atoms with Crippen LogP contribution >= 0.6 is 0 Å². The third-order valence-corrected chi connectivity index (χ3v) is 7.07. The molecule has 2 heterocycles. The van der Waals surface area contributed by atoms with E-state index in [1.54, 1.807) is 0 Å². The summed E-state index contributed by atoms with van der Waals surface area (Å²) in [6, 6.07) is 10.6. The molecule has 2 saturated heterocycles. The lowest BCUT2D eigenvalue weighted by Gasteiger charge is -2.42. The first-order chi connectivity index (χ1) is 15.7. The maximum absolute atomic E-state index is 13.3. The average Bonchev–Trinajstić information content (AvgIpc) is 3.59. The van der Waals surface area contributed by atoms with Gasteiger partial charge >= 0.3 is 6.09 Å². The molecular formula is C26H39N3O4. The minimum absolute atomic E-state index is 0.139. The third kappa shape index (κ3) is 5.87. The monoisotopic (exact) mass is 457 g/mol. The Bertz CT molecular complexity index is 811. The summed E-state index contributed by atoms with van der Waals surface area (Å²) in [5, 5.41) is 0. The summed E-state index contributed by atoms with van der Waals surface area (Å²) in [5.74, 6) is 0.561. The second kappa shape index (κ2) is 10.0. The lowest BCUT2D eigenvalue weighted by molar-refractivity contribution is -0.141. The zero-order valence-corrected chi connectivity index (χ0v) is 20.5. The van der Waals surface area contributed by atoms with E-state index >= 15 is 0 Å². The first-order valence-electron chi connectivity index (χ1n) is 12.4. The topological polar surface area (TPSA) is 62.3 Å². The van der Waals surface area contributed by atoms with Crippen LogP contribution in [0.4, 0.5) is 4.79 Å². The van der Waals surface area contributed by atoms with Gasteiger partial charge < -0.3 is 19.3 Å². The number of nitrogens with zero attached hydrogens (tertiary/aromatic N) is 3. The van der Waals surface area contributed by atoms with E-state index in [1.807, 2.05) is 43.6 Å². The second-order valence-corrected chi connectivity index (χ2v) is 10.6. The first-order valence-corrected chi connectivity index (χ1v) is 12.4.